The van der Waals surface area contributed by atoms with Gasteiger partial charge in [0.2, 0.25) is 5.91 Å². The lowest BCUT2D eigenvalue weighted by molar-refractivity contribution is -0.143. The van der Waals surface area contributed by atoms with E-state index in [2.05, 4.69) is 42.0 Å². The first-order valence-corrected chi connectivity index (χ1v) is 9.77. The summed E-state index contributed by atoms with van der Waals surface area (Å²) in [5.41, 5.74) is -0.201. The molecule has 2 aromatic heterocycles. The summed E-state index contributed by atoms with van der Waals surface area (Å²) in [6.07, 6.45) is 6.94. The lowest BCUT2D eigenvalue weighted by Gasteiger charge is -2.40. The Morgan fingerprint density at radius 3 is 2.67 bits per heavy atom. The van der Waals surface area contributed by atoms with E-state index in [9.17, 15) is 4.79 Å². The van der Waals surface area contributed by atoms with Gasteiger partial charge in [-0.05, 0) is 38.8 Å². The Kier molecular flexibility index (Phi) is 4.94. The average Bonchev–Trinajstić information content (AvgIpc) is 3.33. The molecule has 4 rings (SSSR count). The van der Waals surface area contributed by atoms with Crippen LogP contribution in [0.1, 0.15) is 50.2 Å². The SMILES string of the molecule is Cn1c(Cn2cncn2)nnc1C1CCN(C(=O)C2(C)CCNCC2)CC1. The Hall–Kier alpha value is -2.29. The molecule has 0 aromatic carbocycles. The van der Waals surface area contributed by atoms with Crippen molar-refractivity contribution in [1.29, 1.82) is 0 Å². The predicted molar refractivity (Wildman–Crippen MR) is 98.9 cm³/mol. The summed E-state index contributed by atoms with van der Waals surface area (Å²) >= 11 is 0. The second-order valence-corrected chi connectivity index (χ2v) is 8.00. The highest BCUT2D eigenvalue weighted by atomic mass is 16.2. The molecular formula is C18H28N8O. The van der Waals surface area contributed by atoms with Gasteiger partial charge in [0, 0.05) is 31.5 Å². The Bertz CT molecular complexity index is 769. The number of carbonyl (C=O) groups is 1. The molecule has 0 radical (unpaired) electrons. The van der Waals surface area contributed by atoms with Crippen LogP contribution in [0.25, 0.3) is 0 Å². The standard InChI is InChI=1S/C18H28N8O/c1-18(5-7-19-8-6-18)17(27)25-9-3-14(4-10-25)16-23-22-15(24(16)2)11-26-13-20-12-21-26/h12-14,19H,3-11H2,1-2H3. The maximum atomic E-state index is 13.0. The smallest absolute Gasteiger partial charge is 0.228 e. The van der Waals surface area contributed by atoms with Crippen LogP contribution in [0, 0.1) is 5.41 Å². The lowest BCUT2D eigenvalue weighted by atomic mass is 9.79. The fourth-order valence-corrected chi connectivity index (χ4v) is 4.24. The van der Waals surface area contributed by atoms with E-state index >= 15 is 0 Å². The first-order chi connectivity index (χ1) is 13.1. The molecule has 1 N–H and O–H groups in total. The van der Waals surface area contributed by atoms with Gasteiger partial charge in [-0.1, -0.05) is 6.92 Å². The topological polar surface area (TPSA) is 93.8 Å². The number of amides is 1. The largest absolute Gasteiger partial charge is 0.342 e. The first-order valence-electron chi connectivity index (χ1n) is 9.77. The summed E-state index contributed by atoms with van der Waals surface area (Å²) in [6, 6.07) is 0. The van der Waals surface area contributed by atoms with Gasteiger partial charge in [0.25, 0.3) is 0 Å². The first kappa shape index (κ1) is 18.1. The molecule has 0 unspecified atom stereocenters. The zero-order valence-corrected chi connectivity index (χ0v) is 16.1. The monoisotopic (exact) mass is 372 g/mol. The molecule has 146 valence electrons. The van der Waals surface area contributed by atoms with Crippen LogP contribution in [-0.2, 0) is 18.4 Å². The molecule has 0 saturated carbocycles. The molecule has 2 aliphatic rings. The Morgan fingerprint density at radius 2 is 2.00 bits per heavy atom. The molecule has 27 heavy (non-hydrogen) atoms. The summed E-state index contributed by atoms with van der Waals surface area (Å²) in [4.78, 5) is 19.0. The minimum absolute atomic E-state index is 0.201. The average molecular weight is 372 g/mol. The minimum Gasteiger partial charge on any atom is -0.342 e. The second-order valence-electron chi connectivity index (χ2n) is 8.00. The second kappa shape index (κ2) is 7.38. The number of nitrogens with one attached hydrogen (secondary N) is 1. The predicted octanol–water partition coefficient (Wildman–Crippen LogP) is 0.551. The van der Waals surface area contributed by atoms with Gasteiger partial charge >= 0.3 is 0 Å². The Balaban J connectivity index is 1.38. The van der Waals surface area contributed by atoms with E-state index < -0.39 is 0 Å². The van der Waals surface area contributed by atoms with Crippen molar-refractivity contribution >= 4 is 5.91 Å². The van der Waals surface area contributed by atoms with Crippen LogP contribution < -0.4 is 5.32 Å². The number of hydrogen-bond donors (Lipinski definition) is 1. The van der Waals surface area contributed by atoms with E-state index in [0.29, 0.717) is 18.4 Å². The minimum atomic E-state index is -0.201. The van der Waals surface area contributed by atoms with Crippen molar-refractivity contribution in [3.63, 3.8) is 0 Å². The van der Waals surface area contributed by atoms with Gasteiger partial charge in [0.15, 0.2) is 5.82 Å². The van der Waals surface area contributed by atoms with E-state index in [4.69, 9.17) is 0 Å². The lowest BCUT2D eigenvalue weighted by Crippen LogP contribution is -2.49. The van der Waals surface area contributed by atoms with Crippen LogP contribution in [0.15, 0.2) is 12.7 Å². The number of aromatic nitrogens is 6. The van der Waals surface area contributed by atoms with Gasteiger partial charge < -0.3 is 14.8 Å². The molecule has 1 amide bonds. The van der Waals surface area contributed by atoms with Crippen LogP contribution in [0.5, 0.6) is 0 Å². The quantitative estimate of drug-likeness (QED) is 0.842. The van der Waals surface area contributed by atoms with E-state index in [-0.39, 0.29) is 5.41 Å². The van der Waals surface area contributed by atoms with Gasteiger partial charge in [-0.25, -0.2) is 9.67 Å². The molecule has 4 heterocycles. The van der Waals surface area contributed by atoms with Gasteiger partial charge in [-0.3, -0.25) is 4.79 Å². The molecule has 2 aromatic rings. The number of piperidine rings is 2. The number of likely N-dealkylation sites (tertiary alicyclic amines) is 1. The van der Waals surface area contributed by atoms with E-state index in [1.807, 2.05) is 7.05 Å². The maximum Gasteiger partial charge on any atom is 0.228 e. The highest BCUT2D eigenvalue weighted by molar-refractivity contribution is 5.82. The highest BCUT2D eigenvalue weighted by Crippen LogP contribution is 2.34. The van der Waals surface area contributed by atoms with Gasteiger partial charge in [0.1, 0.15) is 25.0 Å². The van der Waals surface area contributed by atoms with Crippen LogP contribution in [0.3, 0.4) is 0 Å². The van der Waals surface area contributed by atoms with E-state index in [1.165, 1.54) is 6.33 Å². The van der Waals surface area contributed by atoms with Crippen molar-refractivity contribution in [2.24, 2.45) is 12.5 Å². The van der Waals surface area contributed by atoms with Gasteiger partial charge in [0.05, 0.1) is 0 Å². The zero-order chi connectivity index (χ0) is 18.9. The Labute approximate surface area is 159 Å². The van der Waals surface area contributed by atoms with Gasteiger partial charge in [-0.15, -0.1) is 10.2 Å². The summed E-state index contributed by atoms with van der Waals surface area (Å²) < 4.78 is 3.81. The van der Waals surface area contributed by atoms with E-state index in [0.717, 1.165) is 63.5 Å². The van der Waals surface area contributed by atoms with Crippen LogP contribution >= 0.6 is 0 Å². The number of rotatable bonds is 4. The molecule has 9 heteroatoms. The van der Waals surface area contributed by atoms with Crippen LogP contribution in [0.2, 0.25) is 0 Å². The fraction of sp³-hybridized carbons (Fsp3) is 0.722. The molecule has 2 fully saturated rings. The normalized spacial score (nSPS) is 20.7. The van der Waals surface area contributed by atoms with Crippen molar-refractivity contribution < 1.29 is 4.79 Å². The fourth-order valence-electron chi connectivity index (χ4n) is 4.24. The summed E-state index contributed by atoms with van der Waals surface area (Å²) in [5.74, 6) is 2.55. The van der Waals surface area contributed by atoms with E-state index in [1.54, 1.807) is 11.0 Å². The highest BCUT2D eigenvalue weighted by Gasteiger charge is 2.39. The van der Waals surface area contributed by atoms with Gasteiger partial charge in [-0.2, -0.15) is 5.10 Å². The third-order valence-corrected chi connectivity index (χ3v) is 6.14. The molecule has 0 bridgehead atoms. The molecule has 0 aliphatic carbocycles. The van der Waals surface area contributed by atoms with Crippen LogP contribution in [-0.4, -0.2) is 66.5 Å². The third-order valence-electron chi connectivity index (χ3n) is 6.14. The number of nitrogens with zero attached hydrogens (tertiary/aromatic N) is 7. The summed E-state index contributed by atoms with van der Waals surface area (Å²) in [5, 5.41) is 16.3. The Morgan fingerprint density at radius 1 is 1.26 bits per heavy atom. The molecular weight excluding hydrogens is 344 g/mol. The number of hydrogen-bond acceptors (Lipinski definition) is 6. The van der Waals surface area contributed by atoms with Crippen molar-refractivity contribution in [1.82, 2.24) is 39.7 Å². The van der Waals surface area contributed by atoms with Crippen molar-refractivity contribution in [3.8, 4) is 0 Å². The summed E-state index contributed by atoms with van der Waals surface area (Å²) in [7, 11) is 2.01. The molecule has 2 aliphatic heterocycles. The molecule has 2 saturated heterocycles. The van der Waals surface area contributed by atoms with Crippen LogP contribution in [0.4, 0.5) is 0 Å². The summed E-state index contributed by atoms with van der Waals surface area (Å²) in [6.45, 7) is 6.17. The zero-order valence-electron chi connectivity index (χ0n) is 16.1. The molecule has 0 atom stereocenters. The van der Waals surface area contributed by atoms with Crippen molar-refractivity contribution in [2.45, 2.75) is 45.1 Å². The number of carbonyl (C=O) groups excluding carboxylic acids is 1. The van der Waals surface area contributed by atoms with Crippen molar-refractivity contribution in [2.75, 3.05) is 26.2 Å². The van der Waals surface area contributed by atoms with Crippen molar-refractivity contribution in [3.05, 3.63) is 24.3 Å². The molecule has 0 spiro atoms. The maximum absolute atomic E-state index is 13.0. The third kappa shape index (κ3) is 3.60. The molecule has 9 nitrogen and oxygen atoms in total.